The first-order valence-electron chi connectivity index (χ1n) is 5.12. The molecule has 0 aliphatic heterocycles. The van der Waals surface area contributed by atoms with E-state index in [0.29, 0.717) is 0 Å². The van der Waals surface area contributed by atoms with Crippen LogP contribution in [0.1, 0.15) is 24.9 Å². The number of aromatic nitrogens is 2. The van der Waals surface area contributed by atoms with Crippen molar-refractivity contribution in [2.24, 2.45) is 0 Å². The van der Waals surface area contributed by atoms with Gasteiger partial charge in [-0.1, -0.05) is 23.5 Å². The molecule has 0 aliphatic carbocycles. The summed E-state index contributed by atoms with van der Waals surface area (Å²) in [6, 6.07) is 7.47. The van der Waals surface area contributed by atoms with Crippen molar-refractivity contribution < 1.29 is 5.11 Å². The van der Waals surface area contributed by atoms with Crippen LogP contribution in [0.4, 0.5) is 5.00 Å². The molecule has 0 bridgehead atoms. The third-order valence-corrected chi connectivity index (χ3v) is 2.98. The number of nitrogens with zero attached hydrogens (tertiary/aromatic N) is 2. The Morgan fingerprint density at radius 3 is 2.69 bits per heavy atom. The van der Waals surface area contributed by atoms with Crippen LogP contribution in [0.5, 0.6) is 5.75 Å². The normalized spacial score (nSPS) is 12.3. The average molecular weight is 235 g/mol. The van der Waals surface area contributed by atoms with Gasteiger partial charge in [-0.3, -0.25) is 0 Å². The Labute approximate surface area is 98.1 Å². The lowest BCUT2D eigenvalue weighted by molar-refractivity contribution is 0.475. The Kier molecular flexibility index (Phi) is 3.36. The minimum Gasteiger partial charge on any atom is -0.508 e. The predicted molar refractivity (Wildman–Crippen MR) is 64.7 cm³/mol. The molecule has 84 valence electrons. The lowest BCUT2D eigenvalue weighted by atomic mass is 10.0. The van der Waals surface area contributed by atoms with Crippen LogP contribution in [0.2, 0.25) is 0 Å². The summed E-state index contributed by atoms with van der Waals surface area (Å²) in [6.45, 7) is 2.11. The predicted octanol–water partition coefficient (Wildman–Crippen LogP) is 2.81. The fourth-order valence-corrected chi connectivity index (χ4v) is 2.00. The number of aromatic hydroxyl groups is 1. The molecule has 2 N–H and O–H groups in total. The van der Waals surface area contributed by atoms with Crippen LogP contribution < -0.4 is 5.32 Å². The number of nitrogens with one attached hydrogen (secondary N) is 1. The summed E-state index contributed by atoms with van der Waals surface area (Å²) >= 11 is 1.34. The van der Waals surface area contributed by atoms with E-state index in [2.05, 4.69) is 21.8 Å². The number of rotatable bonds is 4. The van der Waals surface area contributed by atoms with Gasteiger partial charge in [0.25, 0.3) is 0 Å². The molecule has 16 heavy (non-hydrogen) atoms. The molecule has 0 radical (unpaired) electrons. The van der Waals surface area contributed by atoms with Gasteiger partial charge in [0.05, 0.1) is 12.2 Å². The lowest BCUT2D eigenvalue weighted by Crippen LogP contribution is -2.08. The Hall–Kier alpha value is -1.62. The third kappa shape index (κ3) is 2.49. The van der Waals surface area contributed by atoms with Crippen molar-refractivity contribution in [2.75, 3.05) is 5.32 Å². The summed E-state index contributed by atoms with van der Waals surface area (Å²) in [4.78, 5) is 0. The van der Waals surface area contributed by atoms with Crippen LogP contribution in [-0.4, -0.2) is 14.7 Å². The molecule has 0 spiro atoms. The van der Waals surface area contributed by atoms with Gasteiger partial charge in [-0.15, -0.1) is 5.10 Å². The molecule has 1 heterocycles. The van der Waals surface area contributed by atoms with Crippen molar-refractivity contribution in [1.29, 1.82) is 0 Å². The lowest BCUT2D eigenvalue weighted by Gasteiger charge is -2.16. The third-order valence-electron chi connectivity index (χ3n) is 2.38. The molecule has 1 aromatic heterocycles. The summed E-state index contributed by atoms with van der Waals surface area (Å²) < 4.78 is 3.81. The molecule has 0 fully saturated rings. The quantitative estimate of drug-likeness (QED) is 0.855. The minimum absolute atomic E-state index is 0.225. The van der Waals surface area contributed by atoms with E-state index in [9.17, 15) is 5.11 Å². The maximum Gasteiger partial charge on any atom is 0.130 e. The zero-order valence-electron chi connectivity index (χ0n) is 8.92. The molecule has 1 unspecified atom stereocenters. The van der Waals surface area contributed by atoms with Crippen molar-refractivity contribution in [2.45, 2.75) is 19.4 Å². The molecule has 0 aliphatic rings. The van der Waals surface area contributed by atoms with E-state index < -0.39 is 0 Å². The fraction of sp³-hybridized carbons (Fsp3) is 0.273. The number of phenols is 1. The van der Waals surface area contributed by atoms with Gasteiger partial charge >= 0.3 is 0 Å². The maximum absolute atomic E-state index is 9.23. The largest absolute Gasteiger partial charge is 0.508 e. The molecule has 0 saturated heterocycles. The van der Waals surface area contributed by atoms with E-state index in [0.717, 1.165) is 17.0 Å². The fourth-order valence-electron chi connectivity index (χ4n) is 1.53. The highest BCUT2D eigenvalue weighted by Crippen LogP contribution is 2.24. The van der Waals surface area contributed by atoms with Gasteiger partial charge in [0.2, 0.25) is 0 Å². The van der Waals surface area contributed by atoms with E-state index in [1.54, 1.807) is 18.3 Å². The molecule has 1 aromatic carbocycles. The molecular weight excluding hydrogens is 222 g/mol. The van der Waals surface area contributed by atoms with Crippen molar-refractivity contribution in [3.63, 3.8) is 0 Å². The highest BCUT2D eigenvalue weighted by molar-refractivity contribution is 7.09. The van der Waals surface area contributed by atoms with Crippen molar-refractivity contribution >= 4 is 16.5 Å². The van der Waals surface area contributed by atoms with E-state index in [4.69, 9.17) is 0 Å². The van der Waals surface area contributed by atoms with Gasteiger partial charge in [-0.2, -0.15) is 0 Å². The Morgan fingerprint density at radius 2 is 2.12 bits per heavy atom. The second kappa shape index (κ2) is 4.94. The van der Waals surface area contributed by atoms with Gasteiger partial charge in [0, 0.05) is 11.5 Å². The minimum atomic E-state index is 0.225. The number of phenolic OH excluding ortho intramolecular Hbond substituents is 1. The molecule has 4 nitrogen and oxygen atoms in total. The summed E-state index contributed by atoms with van der Waals surface area (Å²) in [6.07, 6.45) is 2.68. The number of hydrogen-bond donors (Lipinski definition) is 2. The zero-order chi connectivity index (χ0) is 11.4. The molecule has 2 aromatic rings. The van der Waals surface area contributed by atoms with Crippen LogP contribution in [0.3, 0.4) is 0 Å². The average Bonchev–Trinajstić information content (AvgIpc) is 2.80. The van der Waals surface area contributed by atoms with Crippen LogP contribution in [-0.2, 0) is 0 Å². The first-order chi connectivity index (χ1) is 7.79. The summed E-state index contributed by atoms with van der Waals surface area (Å²) in [5.41, 5.74) is 1.15. The molecule has 1 atom stereocenters. The van der Waals surface area contributed by atoms with E-state index in [-0.39, 0.29) is 11.8 Å². The van der Waals surface area contributed by atoms with Crippen molar-refractivity contribution in [3.05, 3.63) is 36.0 Å². The Morgan fingerprint density at radius 1 is 1.38 bits per heavy atom. The smallest absolute Gasteiger partial charge is 0.130 e. The van der Waals surface area contributed by atoms with Gasteiger partial charge in [-0.25, -0.2) is 0 Å². The molecule has 2 rings (SSSR count). The standard InChI is InChI=1S/C11H13N3OS/c1-2-10(13-11-7-12-14-16-11)8-3-5-9(15)6-4-8/h3-7,10,13,15H,2H2,1H3. The first-order valence-corrected chi connectivity index (χ1v) is 5.89. The molecular formula is C11H13N3OS. The summed E-state index contributed by atoms with van der Waals surface area (Å²) in [5, 5.41) is 17.3. The van der Waals surface area contributed by atoms with Crippen LogP contribution in [0.15, 0.2) is 30.5 Å². The SMILES string of the molecule is CCC(Nc1cnns1)c1ccc(O)cc1. The van der Waals surface area contributed by atoms with Crippen LogP contribution >= 0.6 is 11.5 Å². The number of anilines is 1. The highest BCUT2D eigenvalue weighted by Gasteiger charge is 2.09. The zero-order valence-corrected chi connectivity index (χ0v) is 9.74. The van der Waals surface area contributed by atoms with Gasteiger partial charge in [0.1, 0.15) is 10.8 Å². The van der Waals surface area contributed by atoms with E-state index in [1.165, 1.54) is 11.5 Å². The number of hydrogen-bond acceptors (Lipinski definition) is 5. The van der Waals surface area contributed by atoms with Gasteiger partial charge in [-0.05, 0) is 24.1 Å². The van der Waals surface area contributed by atoms with Crippen molar-refractivity contribution in [3.8, 4) is 5.75 Å². The Balaban J connectivity index is 2.13. The Bertz CT molecular complexity index is 427. The van der Waals surface area contributed by atoms with Gasteiger partial charge < -0.3 is 10.4 Å². The first kappa shape index (κ1) is 10.9. The van der Waals surface area contributed by atoms with E-state index in [1.807, 2.05) is 12.1 Å². The molecule has 0 saturated carbocycles. The summed E-state index contributed by atoms with van der Waals surface area (Å²) in [7, 11) is 0. The van der Waals surface area contributed by atoms with Crippen molar-refractivity contribution in [1.82, 2.24) is 9.59 Å². The molecule has 5 heteroatoms. The number of benzene rings is 1. The summed E-state index contributed by atoms with van der Waals surface area (Å²) in [5.74, 6) is 0.290. The second-order valence-corrected chi connectivity index (χ2v) is 4.26. The molecule has 0 amide bonds. The van der Waals surface area contributed by atoms with Crippen LogP contribution in [0.25, 0.3) is 0 Å². The van der Waals surface area contributed by atoms with E-state index >= 15 is 0 Å². The van der Waals surface area contributed by atoms with Crippen LogP contribution in [0, 0.1) is 0 Å². The highest BCUT2D eigenvalue weighted by atomic mass is 32.1. The second-order valence-electron chi connectivity index (χ2n) is 3.48. The maximum atomic E-state index is 9.23. The monoisotopic (exact) mass is 235 g/mol. The van der Waals surface area contributed by atoms with Gasteiger partial charge in [0.15, 0.2) is 0 Å². The topological polar surface area (TPSA) is 58.0 Å².